The molecule has 0 aliphatic heterocycles. The van der Waals surface area contributed by atoms with Crippen LogP contribution in [0.4, 0.5) is 0 Å². The lowest BCUT2D eigenvalue weighted by Crippen LogP contribution is -2.27. The summed E-state index contributed by atoms with van der Waals surface area (Å²) in [5.74, 6) is 0. The van der Waals surface area contributed by atoms with Crippen molar-refractivity contribution in [3.63, 3.8) is 0 Å². The molecule has 1 rings (SSSR count). The molecule has 0 spiro atoms. The summed E-state index contributed by atoms with van der Waals surface area (Å²) in [6.07, 6.45) is 0. The van der Waals surface area contributed by atoms with Gasteiger partial charge in [0.15, 0.2) is 0 Å². The van der Waals surface area contributed by atoms with Crippen molar-refractivity contribution in [2.75, 3.05) is 0 Å². The van der Waals surface area contributed by atoms with Gasteiger partial charge in [-0.1, -0.05) is 18.2 Å². The van der Waals surface area contributed by atoms with Gasteiger partial charge in [-0.15, -0.1) is 0 Å². The Kier molecular flexibility index (Phi) is 3.28. The lowest BCUT2D eigenvalue weighted by molar-refractivity contribution is 0.629. The average Bonchev–Trinajstić information content (AvgIpc) is 2.14. The van der Waals surface area contributed by atoms with Gasteiger partial charge < -0.3 is 0 Å². The highest BCUT2D eigenvalue weighted by Gasteiger charge is 2.11. The Morgan fingerprint density at radius 2 is 2.27 bits per heavy atom. The molecule has 0 aliphatic rings. The van der Waals surface area contributed by atoms with Gasteiger partial charge in [-0.2, -0.15) is 10.4 Å². The van der Waals surface area contributed by atoms with Crippen LogP contribution in [0.15, 0.2) is 16.4 Å². The molecule has 4 nitrogen and oxygen atoms in total. The number of allylic oxidation sites excluding steroid dienone is 1. The van der Waals surface area contributed by atoms with E-state index in [1.807, 2.05) is 6.07 Å². The zero-order chi connectivity index (χ0) is 11.6. The summed E-state index contributed by atoms with van der Waals surface area (Å²) in [6, 6.07) is 1.87. The molecule has 0 radical (unpaired) electrons. The summed E-state index contributed by atoms with van der Waals surface area (Å²) in [4.78, 5) is 11.7. The first-order valence-corrected chi connectivity index (χ1v) is 4.67. The van der Waals surface area contributed by atoms with Gasteiger partial charge in [0.1, 0.15) is 11.6 Å². The van der Waals surface area contributed by atoms with Crippen LogP contribution in [-0.4, -0.2) is 9.78 Å². The van der Waals surface area contributed by atoms with Gasteiger partial charge in [-0.25, -0.2) is 4.68 Å². The standard InChI is InChI=1S/C10H10ClN3O/c1-6(11)5-14-10(15)9(4-12)7(2)8(3)13-14/h1,5H2,2-3H3. The zero-order valence-corrected chi connectivity index (χ0v) is 9.30. The summed E-state index contributed by atoms with van der Waals surface area (Å²) >= 11 is 5.59. The largest absolute Gasteiger partial charge is 0.285 e. The number of hydrogen-bond acceptors (Lipinski definition) is 3. The molecule has 5 heteroatoms. The number of hydrogen-bond donors (Lipinski definition) is 0. The molecule has 1 aromatic heterocycles. The van der Waals surface area contributed by atoms with Crippen LogP contribution in [-0.2, 0) is 6.54 Å². The second kappa shape index (κ2) is 4.28. The Morgan fingerprint density at radius 3 is 2.73 bits per heavy atom. The zero-order valence-electron chi connectivity index (χ0n) is 8.54. The number of aromatic nitrogens is 2. The van der Waals surface area contributed by atoms with Crippen LogP contribution in [0.2, 0.25) is 0 Å². The first kappa shape index (κ1) is 11.5. The fourth-order valence-corrected chi connectivity index (χ4v) is 1.29. The van der Waals surface area contributed by atoms with Crippen molar-refractivity contribution in [3.05, 3.63) is 38.8 Å². The van der Waals surface area contributed by atoms with Gasteiger partial charge in [-0.05, 0) is 19.4 Å². The summed E-state index contributed by atoms with van der Waals surface area (Å²) < 4.78 is 1.15. The first-order chi connectivity index (χ1) is 6.97. The summed E-state index contributed by atoms with van der Waals surface area (Å²) in [5, 5.41) is 13.2. The van der Waals surface area contributed by atoms with Gasteiger partial charge in [0.2, 0.25) is 0 Å². The number of aryl methyl sites for hydroxylation is 1. The molecule has 78 valence electrons. The Bertz CT molecular complexity index is 511. The van der Waals surface area contributed by atoms with E-state index in [9.17, 15) is 4.79 Å². The third-order valence-electron chi connectivity index (χ3n) is 2.07. The summed E-state index contributed by atoms with van der Waals surface area (Å²) in [5.41, 5.74) is 0.936. The molecular weight excluding hydrogens is 214 g/mol. The highest BCUT2D eigenvalue weighted by atomic mass is 35.5. The number of rotatable bonds is 2. The van der Waals surface area contributed by atoms with E-state index in [4.69, 9.17) is 16.9 Å². The van der Waals surface area contributed by atoms with E-state index in [1.165, 1.54) is 0 Å². The van der Waals surface area contributed by atoms with Gasteiger partial charge in [-0.3, -0.25) is 4.79 Å². The Morgan fingerprint density at radius 1 is 1.67 bits per heavy atom. The van der Waals surface area contributed by atoms with Crippen LogP contribution in [0.5, 0.6) is 0 Å². The Balaban J connectivity index is 3.46. The second-order valence-electron chi connectivity index (χ2n) is 3.18. The predicted molar refractivity (Wildman–Crippen MR) is 57.7 cm³/mol. The van der Waals surface area contributed by atoms with E-state index in [1.54, 1.807) is 13.8 Å². The third kappa shape index (κ3) is 2.25. The van der Waals surface area contributed by atoms with Crippen molar-refractivity contribution in [2.24, 2.45) is 0 Å². The van der Waals surface area contributed by atoms with E-state index in [-0.39, 0.29) is 12.1 Å². The Hall–Kier alpha value is -1.60. The van der Waals surface area contributed by atoms with E-state index in [0.29, 0.717) is 16.3 Å². The molecule has 0 aliphatic carbocycles. The minimum Gasteiger partial charge on any atom is -0.266 e. The monoisotopic (exact) mass is 223 g/mol. The fourth-order valence-electron chi connectivity index (χ4n) is 1.17. The van der Waals surface area contributed by atoms with Crippen LogP contribution < -0.4 is 5.56 Å². The second-order valence-corrected chi connectivity index (χ2v) is 3.71. The van der Waals surface area contributed by atoms with E-state index in [2.05, 4.69) is 11.7 Å². The number of nitriles is 1. The molecule has 1 heterocycles. The number of nitrogens with zero attached hydrogens (tertiary/aromatic N) is 3. The molecule has 0 saturated carbocycles. The Labute approximate surface area is 92.4 Å². The van der Waals surface area contributed by atoms with Crippen LogP contribution in [0.3, 0.4) is 0 Å². The molecule has 0 N–H and O–H groups in total. The molecule has 0 bridgehead atoms. The van der Waals surface area contributed by atoms with Crippen LogP contribution >= 0.6 is 11.6 Å². The molecule has 0 saturated heterocycles. The van der Waals surface area contributed by atoms with Gasteiger partial charge in [0, 0.05) is 5.03 Å². The first-order valence-electron chi connectivity index (χ1n) is 4.29. The molecule has 15 heavy (non-hydrogen) atoms. The quantitative estimate of drug-likeness (QED) is 0.763. The highest BCUT2D eigenvalue weighted by Crippen LogP contribution is 2.06. The minimum atomic E-state index is -0.428. The maximum atomic E-state index is 11.7. The third-order valence-corrected chi connectivity index (χ3v) is 2.19. The van der Waals surface area contributed by atoms with Gasteiger partial charge >= 0.3 is 0 Å². The van der Waals surface area contributed by atoms with E-state index >= 15 is 0 Å². The fraction of sp³-hybridized carbons (Fsp3) is 0.300. The SMILES string of the molecule is C=C(Cl)Cn1nc(C)c(C)c(C#N)c1=O. The predicted octanol–water partition coefficient (Wildman–Crippen LogP) is 1.48. The van der Waals surface area contributed by atoms with Crippen molar-refractivity contribution in [1.29, 1.82) is 5.26 Å². The van der Waals surface area contributed by atoms with Gasteiger partial charge in [0.25, 0.3) is 5.56 Å². The van der Waals surface area contributed by atoms with Crippen molar-refractivity contribution < 1.29 is 0 Å². The number of halogens is 1. The van der Waals surface area contributed by atoms with E-state index < -0.39 is 5.56 Å². The molecule has 0 fully saturated rings. The summed E-state index contributed by atoms with van der Waals surface area (Å²) in [7, 11) is 0. The highest BCUT2D eigenvalue weighted by molar-refractivity contribution is 6.29. The van der Waals surface area contributed by atoms with Crippen molar-refractivity contribution in [2.45, 2.75) is 20.4 Å². The summed E-state index contributed by atoms with van der Waals surface area (Å²) in [6.45, 7) is 7.04. The van der Waals surface area contributed by atoms with Crippen molar-refractivity contribution in [1.82, 2.24) is 9.78 Å². The molecule has 0 amide bonds. The molecular formula is C10H10ClN3O. The van der Waals surface area contributed by atoms with Crippen LogP contribution in [0.25, 0.3) is 0 Å². The topological polar surface area (TPSA) is 58.7 Å². The van der Waals surface area contributed by atoms with Gasteiger partial charge in [0.05, 0.1) is 12.2 Å². The van der Waals surface area contributed by atoms with Crippen molar-refractivity contribution >= 4 is 11.6 Å². The van der Waals surface area contributed by atoms with Crippen LogP contribution in [0.1, 0.15) is 16.8 Å². The van der Waals surface area contributed by atoms with E-state index in [0.717, 1.165) is 4.68 Å². The average molecular weight is 224 g/mol. The smallest absolute Gasteiger partial charge is 0.266 e. The lowest BCUT2D eigenvalue weighted by atomic mass is 10.1. The van der Waals surface area contributed by atoms with Crippen molar-refractivity contribution in [3.8, 4) is 6.07 Å². The normalized spacial score (nSPS) is 9.73. The molecule has 0 aromatic carbocycles. The maximum absolute atomic E-state index is 11.7. The molecule has 0 atom stereocenters. The maximum Gasteiger partial charge on any atom is 0.285 e. The molecule has 0 unspecified atom stereocenters. The molecule has 1 aromatic rings. The minimum absolute atomic E-state index is 0.111. The lowest BCUT2D eigenvalue weighted by Gasteiger charge is -2.07. The van der Waals surface area contributed by atoms with Crippen LogP contribution in [0, 0.1) is 25.2 Å².